The standard InChI is InChI=1S/C14H19NO2/c1-9-4-5-13(17-3)12(8-9)14(16)11-6-7-15-10(11)2/h4-5,8,10-11,15H,6-7H2,1-3H3. The summed E-state index contributed by atoms with van der Waals surface area (Å²) in [6.45, 7) is 4.98. The summed E-state index contributed by atoms with van der Waals surface area (Å²) in [7, 11) is 1.61. The SMILES string of the molecule is COc1ccc(C)cc1C(=O)C1CCNC1C. The van der Waals surface area contributed by atoms with Crippen LogP contribution in [0.15, 0.2) is 18.2 Å². The number of aryl methyl sites for hydroxylation is 1. The van der Waals surface area contributed by atoms with Crippen LogP contribution in [0.1, 0.15) is 29.3 Å². The van der Waals surface area contributed by atoms with Gasteiger partial charge in [-0.3, -0.25) is 4.79 Å². The highest BCUT2D eigenvalue weighted by molar-refractivity contribution is 6.01. The van der Waals surface area contributed by atoms with Gasteiger partial charge in [-0.05, 0) is 38.9 Å². The molecule has 0 saturated carbocycles. The molecule has 1 aliphatic rings. The van der Waals surface area contributed by atoms with Crippen molar-refractivity contribution in [2.24, 2.45) is 5.92 Å². The quantitative estimate of drug-likeness (QED) is 0.813. The molecular formula is C14H19NO2. The zero-order valence-corrected chi connectivity index (χ0v) is 10.6. The Balaban J connectivity index is 2.32. The van der Waals surface area contributed by atoms with Crippen LogP contribution in [-0.2, 0) is 0 Å². The Morgan fingerprint density at radius 1 is 1.47 bits per heavy atom. The van der Waals surface area contributed by atoms with Crippen molar-refractivity contribution in [1.82, 2.24) is 5.32 Å². The minimum atomic E-state index is 0.0747. The maximum atomic E-state index is 12.5. The number of ether oxygens (including phenoxy) is 1. The van der Waals surface area contributed by atoms with Crippen molar-refractivity contribution in [1.29, 1.82) is 0 Å². The smallest absolute Gasteiger partial charge is 0.171 e. The van der Waals surface area contributed by atoms with E-state index in [1.807, 2.05) is 25.1 Å². The second kappa shape index (κ2) is 4.88. The minimum absolute atomic E-state index is 0.0747. The summed E-state index contributed by atoms with van der Waals surface area (Å²) in [4.78, 5) is 12.5. The molecule has 17 heavy (non-hydrogen) atoms. The third-order valence-electron chi connectivity index (χ3n) is 3.48. The van der Waals surface area contributed by atoms with Crippen molar-refractivity contribution in [3.63, 3.8) is 0 Å². The fourth-order valence-corrected chi connectivity index (χ4v) is 2.43. The van der Waals surface area contributed by atoms with E-state index >= 15 is 0 Å². The number of benzene rings is 1. The number of nitrogens with one attached hydrogen (secondary N) is 1. The molecule has 1 aromatic carbocycles. The van der Waals surface area contributed by atoms with Crippen LogP contribution in [0, 0.1) is 12.8 Å². The van der Waals surface area contributed by atoms with Crippen LogP contribution in [0.5, 0.6) is 5.75 Å². The number of carbonyl (C=O) groups excluding carboxylic acids is 1. The lowest BCUT2D eigenvalue weighted by Crippen LogP contribution is -2.28. The maximum Gasteiger partial charge on any atom is 0.171 e. The Morgan fingerprint density at radius 2 is 2.24 bits per heavy atom. The van der Waals surface area contributed by atoms with Gasteiger partial charge in [-0.2, -0.15) is 0 Å². The predicted molar refractivity (Wildman–Crippen MR) is 67.6 cm³/mol. The highest BCUT2D eigenvalue weighted by atomic mass is 16.5. The Kier molecular flexibility index (Phi) is 3.48. The Hall–Kier alpha value is -1.35. The van der Waals surface area contributed by atoms with Gasteiger partial charge >= 0.3 is 0 Å². The summed E-state index contributed by atoms with van der Waals surface area (Å²) in [6.07, 6.45) is 0.914. The Labute approximate surface area is 102 Å². The average Bonchev–Trinajstić information content (AvgIpc) is 2.74. The molecule has 0 bridgehead atoms. The molecule has 0 radical (unpaired) electrons. The van der Waals surface area contributed by atoms with Crippen molar-refractivity contribution in [2.75, 3.05) is 13.7 Å². The fourth-order valence-electron chi connectivity index (χ4n) is 2.43. The number of hydrogen-bond donors (Lipinski definition) is 1. The van der Waals surface area contributed by atoms with Crippen LogP contribution in [0.2, 0.25) is 0 Å². The molecule has 0 amide bonds. The number of Topliss-reactive ketones (excluding diaryl/α,β-unsaturated/α-hetero) is 1. The van der Waals surface area contributed by atoms with Crippen molar-refractivity contribution < 1.29 is 9.53 Å². The van der Waals surface area contributed by atoms with Crippen LogP contribution in [-0.4, -0.2) is 25.5 Å². The van der Waals surface area contributed by atoms with E-state index < -0.39 is 0 Å². The molecular weight excluding hydrogens is 214 g/mol. The minimum Gasteiger partial charge on any atom is -0.496 e. The van der Waals surface area contributed by atoms with E-state index in [2.05, 4.69) is 12.2 Å². The molecule has 3 heteroatoms. The molecule has 1 aliphatic heterocycles. The molecule has 0 aliphatic carbocycles. The monoisotopic (exact) mass is 233 g/mol. The van der Waals surface area contributed by atoms with Gasteiger partial charge in [-0.15, -0.1) is 0 Å². The van der Waals surface area contributed by atoms with Crippen LogP contribution in [0.4, 0.5) is 0 Å². The molecule has 1 saturated heterocycles. The van der Waals surface area contributed by atoms with Crippen molar-refractivity contribution in [2.45, 2.75) is 26.3 Å². The van der Waals surface area contributed by atoms with Crippen LogP contribution >= 0.6 is 0 Å². The van der Waals surface area contributed by atoms with Gasteiger partial charge in [0.2, 0.25) is 0 Å². The third kappa shape index (κ3) is 2.34. The summed E-state index contributed by atoms with van der Waals surface area (Å²) in [5.74, 6) is 0.952. The topological polar surface area (TPSA) is 38.3 Å². The zero-order chi connectivity index (χ0) is 12.4. The zero-order valence-electron chi connectivity index (χ0n) is 10.6. The van der Waals surface area contributed by atoms with E-state index in [9.17, 15) is 4.79 Å². The predicted octanol–water partition coefficient (Wildman–Crippen LogP) is 2.18. The molecule has 0 aromatic heterocycles. The lowest BCUT2D eigenvalue weighted by atomic mass is 9.91. The van der Waals surface area contributed by atoms with Gasteiger partial charge in [-0.25, -0.2) is 0 Å². The molecule has 0 spiro atoms. The van der Waals surface area contributed by atoms with Crippen molar-refractivity contribution in [3.05, 3.63) is 29.3 Å². The lowest BCUT2D eigenvalue weighted by Gasteiger charge is -2.16. The molecule has 2 rings (SSSR count). The molecule has 2 unspecified atom stereocenters. The fraction of sp³-hybridized carbons (Fsp3) is 0.500. The molecule has 2 atom stereocenters. The van der Waals surface area contributed by atoms with Gasteiger partial charge in [0.25, 0.3) is 0 Å². The van der Waals surface area contributed by atoms with Gasteiger partial charge in [0.1, 0.15) is 5.75 Å². The Bertz CT molecular complexity index is 428. The number of hydrogen-bond acceptors (Lipinski definition) is 3. The van der Waals surface area contributed by atoms with Gasteiger partial charge in [-0.1, -0.05) is 11.6 Å². The van der Waals surface area contributed by atoms with Gasteiger partial charge in [0.05, 0.1) is 12.7 Å². The molecule has 92 valence electrons. The number of methoxy groups -OCH3 is 1. The van der Waals surface area contributed by atoms with E-state index in [4.69, 9.17) is 4.74 Å². The van der Waals surface area contributed by atoms with E-state index in [-0.39, 0.29) is 17.7 Å². The second-order valence-corrected chi connectivity index (χ2v) is 4.71. The number of carbonyl (C=O) groups is 1. The summed E-state index contributed by atoms with van der Waals surface area (Å²) >= 11 is 0. The number of rotatable bonds is 3. The lowest BCUT2D eigenvalue weighted by molar-refractivity contribution is 0.0911. The van der Waals surface area contributed by atoms with Crippen LogP contribution in [0.3, 0.4) is 0 Å². The van der Waals surface area contributed by atoms with Crippen molar-refractivity contribution in [3.8, 4) is 5.75 Å². The molecule has 1 fully saturated rings. The van der Waals surface area contributed by atoms with Gasteiger partial charge in [0.15, 0.2) is 5.78 Å². The first-order chi connectivity index (χ1) is 8.13. The largest absolute Gasteiger partial charge is 0.496 e. The Morgan fingerprint density at radius 3 is 2.82 bits per heavy atom. The van der Waals surface area contributed by atoms with E-state index in [1.165, 1.54) is 0 Å². The normalized spacial score (nSPS) is 23.7. The summed E-state index contributed by atoms with van der Waals surface area (Å²) in [6, 6.07) is 6.01. The summed E-state index contributed by atoms with van der Waals surface area (Å²) in [5.41, 5.74) is 1.81. The second-order valence-electron chi connectivity index (χ2n) is 4.71. The molecule has 3 nitrogen and oxygen atoms in total. The highest BCUT2D eigenvalue weighted by Gasteiger charge is 2.31. The molecule has 1 N–H and O–H groups in total. The van der Waals surface area contributed by atoms with Crippen LogP contribution in [0.25, 0.3) is 0 Å². The number of ketones is 1. The molecule has 1 heterocycles. The first kappa shape index (κ1) is 12.1. The van der Waals surface area contributed by atoms with Gasteiger partial charge in [0, 0.05) is 12.0 Å². The first-order valence-corrected chi connectivity index (χ1v) is 6.05. The van der Waals surface area contributed by atoms with E-state index in [0.29, 0.717) is 11.3 Å². The van der Waals surface area contributed by atoms with Gasteiger partial charge < -0.3 is 10.1 Å². The van der Waals surface area contributed by atoms with Crippen LogP contribution < -0.4 is 10.1 Å². The third-order valence-corrected chi connectivity index (χ3v) is 3.48. The maximum absolute atomic E-state index is 12.5. The highest BCUT2D eigenvalue weighted by Crippen LogP contribution is 2.27. The first-order valence-electron chi connectivity index (χ1n) is 6.05. The summed E-state index contributed by atoms with van der Waals surface area (Å²) in [5, 5.41) is 3.31. The molecule has 1 aromatic rings. The van der Waals surface area contributed by atoms with Crippen molar-refractivity contribution >= 4 is 5.78 Å². The van der Waals surface area contributed by atoms with E-state index in [1.54, 1.807) is 7.11 Å². The average molecular weight is 233 g/mol. The van der Waals surface area contributed by atoms with E-state index in [0.717, 1.165) is 18.5 Å². The summed E-state index contributed by atoms with van der Waals surface area (Å²) < 4.78 is 5.28.